The van der Waals surface area contributed by atoms with E-state index in [9.17, 15) is 27.9 Å². The smallest absolute Gasteiger partial charge is 0.416 e. The maximum atomic E-state index is 14.0. The van der Waals surface area contributed by atoms with Crippen LogP contribution in [0.15, 0.2) is 76.4 Å². The van der Waals surface area contributed by atoms with Crippen molar-refractivity contribution in [2.75, 3.05) is 11.9 Å². The topological polar surface area (TPSA) is 101 Å². The van der Waals surface area contributed by atoms with Crippen LogP contribution >= 0.6 is 0 Å². The van der Waals surface area contributed by atoms with Gasteiger partial charge in [0.1, 0.15) is 6.26 Å². The molecular weight excluding hydrogens is 477 g/mol. The summed E-state index contributed by atoms with van der Waals surface area (Å²) in [4.78, 5) is 31.3. The number of ketones is 1. The first-order valence-electron chi connectivity index (χ1n) is 10.7. The van der Waals surface area contributed by atoms with Crippen molar-refractivity contribution in [3.63, 3.8) is 0 Å². The van der Waals surface area contributed by atoms with Gasteiger partial charge in [-0.1, -0.05) is 53.7 Å². The zero-order chi connectivity index (χ0) is 26.0. The van der Waals surface area contributed by atoms with Crippen molar-refractivity contribution in [3.8, 4) is 5.75 Å². The van der Waals surface area contributed by atoms with Crippen LogP contribution in [-0.2, 0) is 19.6 Å². The number of hydrogen-bond acceptors (Lipinski definition) is 7. The molecule has 8 nitrogen and oxygen atoms in total. The molecule has 0 amide bonds. The molecule has 4 aromatic rings. The van der Waals surface area contributed by atoms with E-state index in [-0.39, 0.29) is 17.9 Å². The predicted octanol–water partition coefficient (Wildman–Crippen LogP) is 4.14. The number of benzene rings is 2. The number of alkyl halides is 3. The summed E-state index contributed by atoms with van der Waals surface area (Å²) >= 11 is 0. The van der Waals surface area contributed by atoms with Crippen molar-refractivity contribution in [1.82, 2.24) is 14.7 Å². The monoisotopic (exact) mass is 498 g/mol. The maximum Gasteiger partial charge on any atom is 0.416 e. The third kappa shape index (κ3) is 4.72. The fourth-order valence-electron chi connectivity index (χ4n) is 4.03. The summed E-state index contributed by atoms with van der Waals surface area (Å²) in [5.74, 6) is -1.66. The number of anilines is 1. The minimum atomic E-state index is -4.64. The molecule has 11 heteroatoms. The van der Waals surface area contributed by atoms with Crippen LogP contribution in [0.5, 0.6) is 5.75 Å². The van der Waals surface area contributed by atoms with E-state index in [0.717, 1.165) is 10.6 Å². The van der Waals surface area contributed by atoms with Crippen LogP contribution in [0.25, 0.3) is 0 Å². The van der Waals surface area contributed by atoms with Gasteiger partial charge in [-0.25, -0.2) is 4.98 Å². The van der Waals surface area contributed by atoms with Gasteiger partial charge >= 0.3 is 6.18 Å². The van der Waals surface area contributed by atoms with Crippen LogP contribution in [0.1, 0.15) is 38.8 Å². The fourth-order valence-corrected chi connectivity index (χ4v) is 4.03. The van der Waals surface area contributed by atoms with E-state index >= 15 is 0 Å². The van der Waals surface area contributed by atoms with Crippen LogP contribution in [0.3, 0.4) is 0 Å². The van der Waals surface area contributed by atoms with Crippen molar-refractivity contribution < 1.29 is 27.6 Å². The van der Waals surface area contributed by atoms with Crippen molar-refractivity contribution >= 4 is 11.7 Å². The third-order valence-corrected chi connectivity index (χ3v) is 5.73. The number of hydrogen-bond donors (Lipinski definition) is 1. The van der Waals surface area contributed by atoms with E-state index in [2.05, 4.69) is 10.1 Å². The largest absolute Gasteiger partial charge is 0.501 e. The number of nitrogens with zero attached hydrogens (tertiary/aromatic N) is 4. The van der Waals surface area contributed by atoms with Gasteiger partial charge in [-0.2, -0.15) is 13.2 Å². The number of aromatic hydroxyl groups is 1. The van der Waals surface area contributed by atoms with E-state index in [1.54, 1.807) is 30.3 Å². The molecular formula is C25H21F3N4O4. The van der Waals surface area contributed by atoms with Crippen LogP contribution in [0.4, 0.5) is 19.1 Å². The van der Waals surface area contributed by atoms with E-state index < -0.39 is 40.6 Å². The summed E-state index contributed by atoms with van der Waals surface area (Å²) in [7, 11) is 2.78. The SMILES string of the molecule is CN(c1nc(C(=O)Cc2cnoc2)c(O)c(=O)n1C)C(c1ccccc1)c1ccccc1C(F)(F)F. The molecule has 1 unspecified atom stereocenters. The van der Waals surface area contributed by atoms with Crippen LogP contribution in [-0.4, -0.2) is 32.6 Å². The highest BCUT2D eigenvalue weighted by atomic mass is 19.4. The molecule has 2 heterocycles. The molecule has 0 spiro atoms. The van der Waals surface area contributed by atoms with Gasteiger partial charge in [-0.3, -0.25) is 14.2 Å². The number of Topliss-reactive ketones (excluding diaryl/α,β-unsaturated/α-hetero) is 1. The van der Waals surface area contributed by atoms with Crippen molar-refractivity contribution in [2.24, 2.45) is 7.05 Å². The van der Waals surface area contributed by atoms with Crippen LogP contribution in [0.2, 0.25) is 0 Å². The molecule has 1 atom stereocenters. The zero-order valence-electron chi connectivity index (χ0n) is 19.2. The highest BCUT2D eigenvalue weighted by molar-refractivity contribution is 5.98. The van der Waals surface area contributed by atoms with Crippen LogP contribution < -0.4 is 10.5 Å². The van der Waals surface area contributed by atoms with Gasteiger partial charge in [0.05, 0.1) is 17.8 Å². The average Bonchev–Trinajstić information content (AvgIpc) is 3.36. The summed E-state index contributed by atoms with van der Waals surface area (Å²) in [6, 6.07) is 12.5. The Hall–Kier alpha value is -4.41. The minimum absolute atomic E-state index is 0.0710. The number of carbonyl (C=O) groups is 1. The molecule has 0 saturated heterocycles. The Labute approximate surface area is 203 Å². The highest BCUT2D eigenvalue weighted by Crippen LogP contribution is 2.39. The van der Waals surface area contributed by atoms with Crippen LogP contribution in [0, 0.1) is 0 Å². The second-order valence-corrected chi connectivity index (χ2v) is 8.11. The van der Waals surface area contributed by atoms with Gasteiger partial charge in [-0.05, 0) is 17.2 Å². The molecule has 4 rings (SSSR count). The van der Waals surface area contributed by atoms with Gasteiger partial charge in [0, 0.05) is 26.1 Å². The van der Waals surface area contributed by atoms with Gasteiger partial charge in [-0.15, -0.1) is 0 Å². The standard InChI is InChI=1S/C25H21F3N4O4/c1-31(21(16-8-4-3-5-9-16)17-10-6-7-11-18(17)25(26,27)28)24-30-20(22(34)23(35)32(24)2)19(33)12-15-13-29-36-14-15/h3-11,13-14,21,34H,12H2,1-2H3. The molecule has 0 aliphatic heterocycles. The Kier molecular flexibility index (Phi) is 6.65. The van der Waals surface area contributed by atoms with E-state index in [1.165, 1.54) is 49.7 Å². The molecule has 0 fully saturated rings. The van der Waals surface area contributed by atoms with Gasteiger partial charge in [0.25, 0.3) is 5.56 Å². The fraction of sp³-hybridized carbons (Fsp3) is 0.200. The first-order valence-corrected chi connectivity index (χ1v) is 10.7. The van der Waals surface area contributed by atoms with E-state index in [1.807, 2.05) is 0 Å². The first-order chi connectivity index (χ1) is 17.1. The van der Waals surface area contributed by atoms with Gasteiger partial charge < -0.3 is 14.5 Å². The molecule has 0 saturated carbocycles. The highest BCUT2D eigenvalue weighted by Gasteiger charge is 2.37. The number of carbonyl (C=O) groups excluding carboxylic acids is 1. The zero-order valence-corrected chi connectivity index (χ0v) is 19.2. The summed E-state index contributed by atoms with van der Waals surface area (Å²) in [5, 5.41) is 13.9. The lowest BCUT2D eigenvalue weighted by molar-refractivity contribution is -0.138. The number of rotatable bonds is 7. The predicted molar refractivity (Wildman–Crippen MR) is 124 cm³/mol. The molecule has 0 aliphatic rings. The Morgan fingerprint density at radius 3 is 2.44 bits per heavy atom. The first kappa shape index (κ1) is 24.7. The minimum Gasteiger partial charge on any atom is -0.501 e. The molecule has 2 aromatic carbocycles. The Balaban J connectivity index is 1.88. The normalized spacial score (nSPS) is 12.4. The van der Waals surface area contributed by atoms with E-state index in [0.29, 0.717) is 11.1 Å². The molecule has 0 radical (unpaired) electrons. The summed E-state index contributed by atoms with van der Waals surface area (Å²) in [6.45, 7) is 0. The Morgan fingerprint density at radius 2 is 1.81 bits per heavy atom. The number of aromatic nitrogens is 3. The molecule has 2 aromatic heterocycles. The van der Waals surface area contributed by atoms with Crippen molar-refractivity contribution in [1.29, 1.82) is 0 Å². The lowest BCUT2D eigenvalue weighted by Gasteiger charge is -2.32. The average molecular weight is 498 g/mol. The Bertz CT molecular complexity index is 1430. The second kappa shape index (κ2) is 9.68. The van der Waals surface area contributed by atoms with Gasteiger partial charge in [0.2, 0.25) is 11.7 Å². The molecule has 186 valence electrons. The lowest BCUT2D eigenvalue weighted by Crippen LogP contribution is -2.34. The van der Waals surface area contributed by atoms with E-state index in [4.69, 9.17) is 4.52 Å². The van der Waals surface area contributed by atoms with Gasteiger partial charge in [0.15, 0.2) is 11.5 Å². The van der Waals surface area contributed by atoms with Crippen molar-refractivity contribution in [3.05, 3.63) is 105 Å². The molecule has 0 bridgehead atoms. The second-order valence-electron chi connectivity index (χ2n) is 8.11. The van der Waals surface area contributed by atoms with Crippen molar-refractivity contribution in [2.45, 2.75) is 18.6 Å². The summed E-state index contributed by atoms with van der Waals surface area (Å²) < 4.78 is 47.6. The molecule has 1 N–H and O–H groups in total. The lowest BCUT2D eigenvalue weighted by atomic mass is 9.93. The number of halogens is 3. The molecule has 36 heavy (non-hydrogen) atoms. The third-order valence-electron chi connectivity index (χ3n) is 5.73. The Morgan fingerprint density at radius 1 is 1.14 bits per heavy atom. The quantitative estimate of drug-likeness (QED) is 0.382. The summed E-state index contributed by atoms with van der Waals surface area (Å²) in [6.07, 6.45) is -2.34. The summed E-state index contributed by atoms with van der Waals surface area (Å²) in [5.41, 5.74) is -1.44. The molecule has 0 aliphatic carbocycles. The maximum absolute atomic E-state index is 14.0.